The number of nitrogens with two attached hydrogens (primary N) is 2. The fourth-order valence-corrected chi connectivity index (χ4v) is 1.03. The number of nitrogens with one attached hydrogen (secondary N) is 1. The second-order valence-electron chi connectivity index (χ2n) is 3.06. The lowest BCUT2D eigenvalue weighted by Crippen LogP contribution is -2.10. The molecule has 7 heteroatoms. The zero-order chi connectivity index (χ0) is 11.1. The molecule has 0 radical (unpaired) electrons. The van der Waals surface area contributed by atoms with Crippen molar-refractivity contribution in [2.75, 3.05) is 11.9 Å². The molecule has 15 heavy (non-hydrogen) atoms. The molecule has 84 valence electrons. The number of hydrogen-bond donors (Lipinski definition) is 3. The average molecular weight is 213 g/mol. The van der Waals surface area contributed by atoms with Crippen LogP contribution in [0.25, 0.3) is 0 Å². The third-order valence-corrected chi connectivity index (χ3v) is 1.77. The van der Waals surface area contributed by atoms with Crippen LogP contribution in [0.3, 0.4) is 0 Å². The molecule has 5 N–H and O–H groups in total. The van der Waals surface area contributed by atoms with Gasteiger partial charge in [-0.2, -0.15) is 0 Å². The van der Waals surface area contributed by atoms with Crippen LogP contribution in [0.15, 0.2) is 4.42 Å². The number of aromatic nitrogens is 2. The molecular formula is C8H15N5O2. The highest BCUT2D eigenvalue weighted by Crippen LogP contribution is 2.04. The first-order chi connectivity index (χ1) is 7.22. The maximum atomic E-state index is 10.4. The van der Waals surface area contributed by atoms with Crippen LogP contribution in [0.1, 0.15) is 25.2 Å². The van der Waals surface area contributed by atoms with Gasteiger partial charge in [0.1, 0.15) is 0 Å². The van der Waals surface area contributed by atoms with Gasteiger partial charge in [-0.15, -0.1) is 5.10 Å². The Hall–Kier alpha value is -1.63. The van der Waals surface area contributed by atoms with Gasteiger partial charge < -0.3 is 21.2 Å². The standard InChI is InChI=1S/C8H15N5O2/c9-5-7-12-13-8(15-7)11-4-2-1-3-6(10)14/h1-5,9H2,(H2,10,14)(H,11,13). The summed E-state index contributed by atoms with van der Waals surface area (Å²) in [6, 6.07) is 0.356. The number of anilines is 1. The second-order valence-corrected chi connectivity index (χ2v) is 3.06. The Kier molecular flexibility index (Phi) is 4.55. The first-order valence-electron chi connectivity index (χ1n) is 4.77. The first kappa shape index (κ1) is 11.4. The topological polar surface area (TPSA) is 120 Å². The van der Waals surface area contributed by atoms with Gasteiger partial charge in [-0.25, -0.2) is 0 Å². The molecular weight excluding hydrogens is 198 g/mol. The SMILES string of the molecule is NCc1nnc(NCCCCC(N)=O)o1. The van der Waals surface area contributed by atoms with Crippen LogP contribution in [-0.2, 0) is 11.3 Å². The van der Waals surface area contributed by atoms with E-state index in [4.69, 9.17) is 15.9 Å². The number of amides is 1. The van der Waals surface area contributed by atoms with E-state index < -0.39 is 0 Å². The smallest absolute Gasteiger partial charge is 0.315 e. The van der Waals surface area contributed by atoms with E-state index in [1.54, 1.807) is 0 Å². The van der Waals surface area contributed by atoms with Crippen LogP contribution in [-0.4, -0.2) is 22.6 Å². The molecule has 0 saturated heterocycles. The quantitative estimate of drug-likeness (QED) is 0.530. The van der Waals surface area contributed by atoms with Crippen molar-refractivity contribution in [1.29, 1.82) is 0 Å². The minimum atomic E-state index is -0.279. The van der Waals surface area contributed by atoms with E-state index >= 15 is 0 Å². The summed E-state index contributed by atoms with van der Waals surface area (Å²) in [6.45, 7) is 0.899. The van der Waals surface area contributed by atoms with Crippen LogP contribution in [0.5, 0.6) is 0 Å². The molecule has 0 fully saturated rings. The Balaban J connectivity index is 2.12. The minimum absolute atomic E-state index is 0.232. The normalized spacial score (nSPS) is 10.2. The van der Waals surface area contributed by atoms with Gasteiger partial charge in [0.05, 0.1) is 6.54 Å². The molecule has 0 aromatic carbocycles. The molecule has 0 saturated carbocycles. The van der Waals surface area contributed by atoms with Crippen molar-refractivity contribution in [3.63, 3.8) is 0 Å². The minimum Gasteiger partial charge on any atom is -0.407 e. The Morgan fingerprint density at radius 2 is 2.20 bits per heavy atom. The van der Waals surface area contributed by atoms with E-state index in [0.29, 0.717) is 24.9 Å². The van der Waals surface area contributed by atoms with Gasteiger partial charge in [0.2, 0.25) is 11.8 Å². The molecule has 1 amide bonds. The molecule has 0 atom stereocenters. The number of carbonyl (C=O) groups is 1. The Bertz CT molecular complexity index is 312. The molecule has 0 aliphatic heterocycles. The van der Waals surface area contributed by atoms with Crippen molar-refractivity contribution in [3.8, 4) is 0 Å². The largest absolute Gasteiger partial charge is 0.407 e. The highest BCUT2D eigenvalue weighted by molar-refractivity contribution is 5.73. The second kappa shape index (κ2) is 5.97. The maximum absolute atomic E-state index is 10.4. The van der Waals surface area contributed by atoms with Crippen molar-refractivity contribution in [1.82, 2.24) is 10.2 Å². The van der Waals surface area contributed by atoms with Crippen LogP contribution < -0.4 is 16.8 Å². The Morgan fingerprint density at radius 1 is 1.40 bits per heavy atom. The van der Waals surface area contributed by atoms with E-state index in [1.807, 2.05) is 0 Å². The maximum Gasteiger partial charge on any atom is 0.315 e. The summed E-state index contributed by atoms with van der Waals surface area (Å²) in [5, 5.41) is 10.3. The monoisotopic (exact) mass is 213 g/mol. The Labute approximate surface area is 87.2 Å². The Morgan fingerprint density at radius 3 is 2.80 bits per heavy atom. The van der Waals surface area contributed by atoms with Crippen molar-refractivity contribution in [2.45, 2.75) is 25.8 Å². The van der Waals surface area contributed by atoms with Crippen LogP contribution in [0.2, 0.25) is 0 Å². The van der Waals surface area contributed by atoms with Gasteiger partial charge in [0, 0.05) is 13.0 Å². The lowest BCUT2D eigenvalue weighted by molar-refractivity contribution is -0.118. The third-order valence-electron chi connectivity index (χ3n) is 1.77. The van der Waals surface area contributed by atoms with Crippen LogP contribution in [0, 0.1) is 0 Å². The lowest BCUT2D eigenvalue weighted by atomic mass is 10.2. The van der Waals surface area contributed by atoms with Crippen LogP contribution in [0.4, 0.5) is 6.01 Å². The van der Waals surface area contributed by atoms with Gasteiger partial charge in [-0.05, 0) is 12.8 Å². The van der Waals surface area contributed by atoms with Gasteiger partial charge in [-0.1, -0.05) is 5.10 Å². The molecule has 0 aliphatic rings. The fraction of sp³-hybridized carbons (Fsp3) is 0.625. The molecule has 0 spiro atoms. The number of carbonyl (C=O) groups excluding carboxylic acids is 1. The summed E-state index contributed by atoms with van der Waals surface area (Å²) in [7, 11) is 0. The third kappa shape index (κ3) is 4.41. The highest BCUT2D eigenvalue weighted by atomic mass is 16.4. The number of nitrogens with zero attached hydrogens (tertiary/aromatic N) is 2. The van der Waals surface area contributed by atoms with Gasteiger partial charge in [0.25, 0.3) is 0 Å². The van der Waals surface area contributed by atoms with E-state index in [-0.39, 0.29) is 12.5 Å². The number of rotatable bonds is 7. The van der Waals surface area contributed by atoms with E-state index in [0.717, 1.165) is 12.8 Å². The zero-order valence-corrected chi connectivity index (χ0v) is 8.40. The summed E-state index contributed by atoms with van der Waals surface area (Å²) < 4.78 is 5.11. The average Bonchev–Trinajstić information content (AvgIpc) is 2.65. The van der Waals surface area contributed by atoms with Gasteiger partial charge >= 0.3 is 6.01 Å². The molecule has 0 unspecified atom stereocenters. The predicted octanol–water partition coefficient (Wildman–Crippen LogP) is -0.404. The summed E-state index contributed by atoms with van der Waals surface area (Å²) in [4.78, 5) is 10.4. The fourth-order valence-electron chi connectivity index (χ4n) is 1.03. The number of primary amides is 1. The molecule has 1 aromatic heterocycles. The van der Waals surface area contributed by atoms with E-state index in [2.05, 4.69) is 15.5 Å². The van der Waals surface area contributed by atoms with Gasteiger partial charge in [-0.3, -0.25) is 4.79 Å². The van der Waals surface area contributed by atoms with E-state index in [1.165, 1.54) is 0 Å². The first-order valence-corrected chi connectivity index (χ1v) is 4.77. The molecule has 7 nitrogen and oxygen atoms in total. The molecule has 1 rings (SSSR count). The van der Waals surface area contributed by atoms with Crippen LogP contribution >= 0.6 is 0 Å². The van der Waals surface area contributed by atoms with E-state index in [9.17, 15) is 4.79 Å². The molecule has 0 bridgehead atoms. The van der Waals surface area contributed by atoms with Crippen molar-refractivity contribution in [2.24, 2.45) is 11.5 Å². The summed E-state index contributed by atoms with van der Waals surface area (Å²) in [5.74, 6) is 0.118. The summed E-state index contributed by atoms with van der Waals surface area (Å²) in [6.07, 6.45) is 1.98. The molecule has 1 aromatic rings. The van der Waals surface area contributed by atoms with Crippen molar-refractivity contribution < 1.29 is 9.21 Å². The highest BCUT2D eigenvalue weighted by Gasteiger charge is 2.02. The molecule has 1 heterocycles. The van der Waals surface area contributed by atoms with Gasteiger partial charge in [0.15, 0.2) is 0 Å². The van der Waals surface area contributed by atoms with Crippen molar-refractivity contribution in [3.05, 3.63) is 5.89 Å². The lowest BCUT2D eigenvalue weighted by Gasteiger charge is -1.99. The molecule has 0 aliphatic carbocycles. The number of unbranched alkanes of at least 4 members (excludes halogenated alkanes) is 1. The number of hydrogen-bond acceptors (Lipinski definition) is 6. The zero-order valence-electron chi connectivity index (χ0n) is 8.40. The summed E-state index contributed by atoms with van der Waals surface area (Å²) in [5.41, 5.74) is 10.3. The summed E-state index contributed by atoms with van der Waals surface area (Å²) >= 11 is 0. The van der Waals surface area contributed by atoms with Crippen molar-refractivity contribution >= 4 is 11.9 Å². The predicted molar refractivity (Wildman–Crippen MR) is 53.7 cm³/mol.